The highest BCUT2D eigenvalue weighted by molar-refractivity contribution is 8.01. The zero-order chi connectivity index (χ0) is 14.9. The molecule has 9 heteroatoms. The van der Waals surface area contributed by atoms with Gasteiger partial charge in [0.1, 0.15) is 5.82 Å². The molecule has 1 heterocycles. The fourth-order valence-electron chi connectivity index (χ4n) is 1.40. The number of hydrogen-bond acceptors (Lipinski definition) is 7. The van der Waals surface area contributed by atoms with E-state index in [4.69, 9.17) is 5.73 Å². The second-order valence-corrected chi connectivity index (χ2v) is 8.39. The zero-order valence-corrected chi connectivity index (χ0v) is 13.6. The molecule has 1 aromatic carbocycles. The zero-order valence-electron chi connectivity index (χ0n) is 11.2. The van der Waals surface area contributed by atoms with Gasteiger partial charge < -0.3 is 5.73 Å². The van der Waals surface area contributed by atoms with E-state index in [1.54, 1.807) is 12.1 Å². The third kappa shape index (κ3) is 3.11. The molecule has 2 N–H and O–H groups in total. The van der Waals surface area contributed by atoms with E-state index < -0.39 is 10.0 Å². The van der Waals surface area contributed by atoms with Crippen LogP contribution in [0.1, 0.15) is 5.82 Å². The van der Waals surface area contributed by atoms with Gasteiger partial charge in [-0.25, -0.2) is 17.7 Å². The monoisotopic (exact) mass is 330 g/mol. The smallest absolute Gasteiger partial charge is 0.242 e. The van der Waals surface area contributed by atoms with Crippen LogP contribution < -0.4 is 5.73 Å². The van der Waals surface area contributed by atoms with E-state index in [1.807, 2.05) is 6.92 Å². The Balaban J connectivity index is 2.31. The third-order valence-electron chi connectivity index (χ3n) is 2.47. The Morgan fingerprint density at radius 1 is 1.35 bits per heavy atom. The molecule has 0 atom stereocenters. The Morgan fingerprint density at radius 2 is 2.05 bits per heavy atom. The van der Waals surface area contributed by atoms with Crippen molar-refractivity contribution in [2.45, 2.75) is 21.1 Å². The lowest BCUT2D eigenvalue weighted by atomic mass is 10.3. The Kier molecular flexibility index (Phi) is 4.33. The molecule has 1 aromatic heterocycles. The van der Waals surface area contributed by atoms with Crippen molar-refractivity contribution in [3.8, 4) is 0 Å². The van der Waals surface area contributed by atoms with Gasteiger partial charge in [-0.2, -0.15) is 4.37 Å². The van der Waals surface area contributed by atoms with Crippen LogP contribution in [0.4, 0.5) is 5.69 Å². The molecule has 0 bridgehead atoms. The first-order valence-electron chi connectivity index (χ1n) is 5.61. The van der Waals surface area contributed by atoms with E-state index in [0.717, 1.165) is 13.5 Å². The largest absolute Gasteiger partial charge is 0.398 e. The summed E-state index contributed by atoms with van der Waals surface area (Å²) in [5, 5.41) is 0. The maximum atomic E-state index is 12.0. The highest BCUT2D eigenvalue weighted by Crippen LogP contribution is 2.34. The lowest BCUT2D eigenvalue weighted by molar-refractivity contribution is 0.520. The molecule has 0 radical (unpaired) electrons. The Bertz CT molecular complexity index is 725. The maximum Gasteiger partial charge on any atom is 0.242 e. The van der Waals surface area contributed by atoms with Gasteiger partial charge in [-0.15, -0.1) is 0 Å². The quantitative estimate of drug-likeness (QED) is 0.860. The van der Waals surface area contributed by atoms with Gasteiger partial charge in [-0.3, -0.25) is 0 Å². The molecule has 0 spiro atoms. The molecule has 20 heavy (non-hydrogen) atoms. The minimum Gasteiger partial charge on any atom is -0.398 e. The number of nitrogen functional groups attached to an aromatic ring is 1. The van der Waals surface area contributed by atoms with Crippen molar-refractivity contribution in [2.75, 3.05) is 19.8 Å². The lowest BCUT2D eigenvalue weighted by Gasteiger charge is -2.12. The van der Waals surface area contributed by atoms with Gasteiger partial charge >= 0.3 is 0 Å². The normalized spacial score (nSPS) is 12.0. The Morgan fingerprint density at radius 3 is 2.55 bits per heavy atom. The SMILES string of the molecule is Cc1nsc(Sc2ccc(S(=O)(=O)N(C)C)cc2N)n1. The molecule has 0 unspecified atom stereocenters. The molecule has 2 rings (SSSR count). The summed E-state index contributed by atoms with van der Waals surface area (Å²) in [7, 11) is -0.498. The predicted octanol–water partition coefficient (Wildman–Crippen LogP) is 1.83. The second-order valence-electron chi connectivity index (χ2n) is 4.20. The topological polar surface area (TPSA) is 89.2 Å². The number of nitrogens with zero attached hydrogens (tertiary/aromatic N) is 3. The van der Waals surface area contributed by atoms with Crippen LogP contribution in [-0.2, 0) is 10.0 Å². The Labute approximate surface area is 126 Å². The van der Waals surface area contributed by atoms with Crippen molar-refractivity contribution in [2.24, 2.45) is 0 Å². The first-order chi connectivity index (χ1) is 9.30. The summed E-state index contributed by atoms with van der Waals surface area (Å²) in [5.41, 5.74) is 6.33. The summed E-state index contributed by atoms with van der Waals surface area (Å²) in [4.78, 5) is 5.18. The summed E-state index contributed by atoms with van der Waals surface area (Å²) >= 11 is 2.66. The first kappa shape index (κ1) is 15.2. The van der Waals surface area contributed by atoms with E-state index in [9.17, 15) is 8.42 Å². The molecule has 0 aliphatic heterocycles. The van der Waals surface area contributed by atoms with Crippen molar-refractivity contribution < 1.29 is 8.42 Å². The molecule has 108 valence electrons. The molecule has 6 nitrogen and oxygen atoms in total. The van der Waals surface area contributed by atoms with Crippen LogP contribution in [-0.4, -0.2) is 36.2 Å². The summed E-state index contributed by atoms with van der Waals surface area (Å²) in [6.07, 6.45) is 0. The second kappa shape index (κ2) is 5.68. The number of sulfonamides is 1. The molecule has 0 saturated heterocycles. The van der Waals surface area contributed by atoms with Crippen molar-refractivity contribution >= 4 is 39.0 Å². The minimum atomic E-state index is -3.47. The van der Waals surface area contributed by atoms with Crippen molar-refractivity contribution in [3.63, 3.8) is 0 Å². The molecule has 0 amide bonds. The fraction of sp³-hybridized carbons (Fsp3) is 0.273. The van der Waals surface area contributed by atoms with Gasteiger partial charge in [-0.05, 0) is 36.7 Å². The van der Waals surface area contributed by atoms with Crippen LogP contribution in [0, 0.1) is 6.92 Å². The third-order valence-corrected chi connectivity index (χ3v) is 6.21. The standard InChI is InChI=1S/C11H14N4O2S3/c1-7-13-11(19-14-7)18-10-5-4-8(6-9(10)12)20(16,17)15(2)3/h4-6H,12H2,1-3H3. The van der Waals surface area contributed by atoms with Crippen molar-refractivity contribution in [3.05, 3.63) is 24.0 Å². The molecule has 0 saturated carbocycles. The van der Waals surface area contributed by atoms with Gasteiger partial charge in [0.15, 0.2) is 4.34 Å². The van der Waals surface area contributed by atoms with E-state index >= 15 is 0 Å². The fourth-order valence-corrected chi connectivity index (χ4v) is 3.97. The number of hydrogen-bond donors (Lipinski definition) is 1. The number of anilines is 1. The van der Waals surface area contributed by atoms with Crippen LogP contribution in [0.5, 0.6) is 0 Å². The molecular weight excluding hydrogens is 316 g/mol. The van der Waals surface area contributed by atoms with Gasteiger partial charge in [-0.1, -0.05) is 11.8 Å². The van der Waals surface area contributed by atoms with Gasteiger partial charge in [0.2, 0.25) is 10.0 Å². The summed E-state index contributed by atoms with van der Waals surface area (Å²) in [5.74, 6) is 0.711. The summed E-state index contributed by atoms with van der Waals surface area (Å²) in [6, 6.07) is 4.70. The van der Waals surface area contributed by atoms with Gasteiger partial charge in [0.05, 0.1) is 4.90 Å². The number of aryl methyl sites for hydroxylation is 1. The summed E-state index contributed by atoms with van der Waals surface area (Å²) < 4.78 is 30.0. The number of aromatic nitrogens is 2. The maximum absolute atomic E-state index is 12.0. The lowest BCUT2D eigenvalue weighted by Crippen LogP contribution is -2.22. The molecule has 0 aliphatic carbocycles. The number of rotatable bonds is 4. The van der Waals surface area contributed by atoms with Crippen LogP contribution in [0.25, 0.3) is 0 Å². The van der Waals surface area contributed by atoms with Crippen LogP contribution in [0.2, 0.25) is 0 Å². The molecular formula is C11H14N4O2S3. The summed E-state index contributed by atoms with van der Waals surface area (Å²) in [6.45, 7) is 1.82. The highest BCUT2D eigenvalue weighted by Gasteiger charge is 2.18. The Hall–Kier alpha value is -1.16. The average molecular weight is 330 g/mol. The molecule has 2 aromatic rings. The minimum absolute atomic E-state index is 0.179. The first-order valence-corrected chi connectivity index (χ1v) is 8.64. The van der Waals surface area contributed by atoms with Crippen LogP contribution >= 0.6 is 23.3 Å². The van der Waals surface area contributed by atoms with E-state index in [2.05, 4.69) is 9.36 Å². The highest BCUT2D eigenvalue weighted by atomic mass is 32.2. The van der Waals surface area contributed by atoms with Crippen molar-refractivity contribution in [1.82, 2.24) is 13.7 Å². The van der Waals surface area contributed by atoms with Gasteiger partial charge in [0.25, 0.3) is 0 Å². The van der Waals surface area contributed by atoms with Crippen molar-refractivity contribution in [1.29, 1.82) is 0 Å². The number of benzene rings is 1. The van der Waals surface area contributed by atoms with E-state index in [1.165, 1.54) is 43.5 Å². The number of nitrogens with two attached hydrogens (primary N) is 1. The van der Waals surface area contributed by atoms with Crippen LogP contribution in [0.15, 0.2) is 32.3 Å². The van der Waals surface area contributed by atoms with E-state index in [0.29, 0.717) is 11.5 Å². The molecule has 0 fully saturated rings. The average Bonchev–Trinajstić information content (AvgIpc) is 2.77. The van der Waals surface area contributed by atoms with Gasteiger partial charge in [0, 0.05) is 24.7 Å². The van der Waals surface area contributed by atoms with E-state index in [-0.39, 0.29) is 4.90 Å². The molecule has 0 aliphatic rings. The predicted molar refractivity (Wildman–Crippen MR) is 80.5 cm³/mol. The van der Waals surface area contributed by atoms with Crippen LogP contribution in [0.3, 0.4) is 0 Å².